The summed E-state index contributed by atoms with van der Waals surface area (Å²) in [6, 6.07) is 1.83. The fourth-order valence-corrected chi connectivity index (χ4v) is 4.97. The molecule has 0 aromatic carbocycles. The van der Waals surface area contributed by atoms with Gasteiger partial charge < -0.3 is 18.9 Å². The molecule has 0 saturated carbocycles. The van der Waals surface area contributed by atoms with E-state index in [1.165, 1.54) is 32.5 Å². The molecule has 0 radical (unpaired) electrons. The number of carbonyl (C=O) groups is 3. The molecule has 0 amide bonds. The summed E-state index contributed by atoms with van der Waals surface area (Å²) in [7, 11) is 1.87. The smallest absolute Gasteiger partial charge is 0.303 e. The molecular formula is C22H27N3O7S. The second-order valence-electron chi connectivity index (χ2n) is 7.69. The summed E-state index contributed by atoms with van der Waals surface area (Å²) in [5.41, 5.74) is 2.90. The molecule has 178 valence electrons. The topological polar surface area (TPSA) is 119 Å². The first-order chi connectivity index (χ1) is 15.6. The Labute approximate surface area is 195 Å². The summed E-state index contributed by atoms with van der Waals surface area (Å²) in [6.07, 6.45) is 0.473. The van der Waals surface area contributed by atoms with Gasteiger partial charge in [0.05, 0.1) is 11.9 Å². The Hall–Kier alpha value is -3.08. The zero-order chi connectivity index (χ0) is 24.3. The summed E-state index contributed by atoms with van der Waals surface area (Å²) in [5, 5.41) is 4.44. The van der Waals surface area contributed by atoms with Crippen molar-refractivity contribution >= 4 is 29.7 Å². The number of hydrogen-bond donors (Lipinski definition) is 0. The number of hydrogen-bond acceptors (Lipinski definition) is 10. The third-order valence-corrected chi connectivity index (χ3v) is 6.28. The van der Waals surface area contributed by atoms with E-state index in [0.717, 1.165) is 22.5 Å². The Morgan fingerprint density at radius 1 is 1.00 bits per heavy atom. The first-order valence-corrected chi connectivity index (χ1v) is 11.4. The predicted molar refractivity (Wildman–Crippen MR) is 119 cm³/mol. The fraction of sp³-hybridized carbons (Fsp3) is 0.500. The highest BCUT2D eigenvalue weighted by Crippen LogP contribution is 2.35. The van der Waals surface area contributed by atoms with Crippen LogP contribution < -0.4 is 4.74 Å². The number of pyridine rings is 1. The second-order valence-corrected chi connectivity index (χ2v) is 8.83. The Kier molecular flexibility index (Phi) is 7.62. The molecule has 1 aliphatic heterocycles. The van der Waals surface area contributed by atoms with Gasteiger partial charge in [-0.2, -0.15) is 5.10 Å². The number of carbonyl (C=O) groups excluding carboxylic acids is 3. The van der Waals surface area contributed by atoms with E-state index in [1.54, 1.807) is 17.1 Å². The molecule has 1 fully saturated rings. The summed E-state index contributed by atoms with van der Waals surface area (Å²) in [4.78, 5) is 39.4. The lowest BCUT2D eigenvalue weighted by atomic mass is 10.1. The van der Waals surface area contributed by atoms with Crippen LogP contribution in [0.15, 0.2) is 18.5 Å². The van der Waals surface area contributed by atoms with Crippen molar-refractivity contribution in [1.82, 2.24) is 14.8 Å². The highest BCUT2D eigenvalue weighted by atomic mass is 32.2. The van der Waals surface area contributed by atoms with Gasteiger partial charge in [0.15, 0.2) is 23.7 Å². The maximum Gasteiger partial charge on any atom is 0.303 e. The van der Waals surface area contributed by atoms with Crippen LogP contribution in [0.4, 0.5) is 0 Å². The lowest BCUT2D eigenvalue weighted by molar-refractivity contribution is -0.186. The number of rotatable bonds is 6. The molecule has 0 spiro atoms. The third-order valence-electron chi connectivity index (χ3n) is 5.07. The van der Waals surface area contributed by atoms with Crippen LogP contribution in [0, 0.1) is 13.8 Å². The van der Waals surface area contributed by atoms with Gasteiger partial charge >= 0.3 is 17.9 Å². The Balaban J connectivity index is 1.90. The Morgan fingerprint density at radius 3 is 2.21 bits per heavy atom. The average molecular weight is 478 g/mol. The molecule has 0 aliphatic carbocycles. The quantitative estimate of drug-likeness (QED) is 0.453. The minimum absolute atomic E-state index is 0.286. The summed E-state index contributed by atoms with van der Waals surface area (Å²) >= 11 is 1.29. The zero-order valence-corrected chi connectivity index (χ0v) is 20.2. The van der Waals surface area contributed by atoms with Crippen molar-refractivity contribution in [2.24, 2.45) is 7.05 Å². The van der Waals surface area contributed by atoms with Crippen molar-refractivity contribution in [2.75, 3.05) is 5.75 Å². The Morgan fingerprint density at radius 2 is 1.64 bits per heavy atom. The van der Waals surface area contributed by atoms with Gasteiger partial charge in [0.25, 0.3) is 0 Å². The van der Waals surface area contributed by atoms with E-state index in [1.807, 2.05) is 27.0 Å². The molecule has 1 saturated heterocycles. The number of aryl methyl sites for hydroxylation is 2. The van der Waals surface area contributed by atoms with Gasteiger partial charge in [0, 0.05) is 56.6 Å². The SMILES string of the molecule is CC(=O)O[C@@H]1[C@@H](OC(C)=O)[C@H](OC(C)=O)CS[C@H]1Oc1cncc(-c2c(C)nn(C)c2C)c1. The minimum atomic E-state index is -1.01. The van der Waals surface area contributed by atoms with Crippen LogP contribution >= 0.6 is 11.8 Å². The van der Waals surface area contributed by atoms with Gasteiger partial charge in [0.2, 0.25) is 0 Å². The van der Waals surface area contributed by atoms with Crippen LogP contribution in [0.1, 0.15) is 32.2 Å². The Bertz CT molecular complexity index is 1050. The second kappa shape index (κ2) is 10.2. The predicted octanol–water partition coefficient (Wildman–Crippen LogP) is 2.35. The van der Waals surface area contributed by atoms with Crippen LogP contribution in [0.2, 0.25) is 0 Å². The van der Waals surface area contributed by atoms with Crippen LogP contribution in [0.5, 0.6) is 5.75 Å². The van der Waals surface area contributed by atoms with Crippen LogP contribution in [-0.2, 0) is 35.6 Å². The van der Waals surface area contributed by atoms with Crippen LogP contribution in [-0.4, -0.2) is 62.2 Å². The maximum atomic E-state index is 11.8. The van der Waals surface area contributed by atoms with Gasteiger partial charge in [-0.3, -0.25) is 24.0 Å². The summed E-state index contributed by atoms with van der Waals surface area (Å²) in [6.45, 7) is 7.63. The standard InChI is InChI=1S/C22H27N3O7S/c1-11-19(12(2)25(6)24-11)16-7-17(9-23-8-16)32-22-21(31-15(5)28)20(30-14(4)27)18(10-33-22)29-13(3)26/h7-9,18,20-22H,10H2,1-6H3/t18-,20+,21-,22-/m1/s1. The fourth-order valence-electron chi connectivity index (χ4n) is 3.76. The molecule has 4 atom stereocenters. The molecule has 0 N–H and O–H groups in total. The van der Waals surface area contributed by atoms with E-state index in [4.69, 9.17) is 18.9 Å². The number of thioether (sulfide) groups is 1. The number of ether oxygens (including phenoxy) is 4. The van der Waals surface area contributed by atoms with Crippen LogP contribution in [0.3, 0.4) is 0 Å². The molecule has 1 aliphatic rings. The monoisotopic (exact) mass is 477 g/mol. The van der Waals surface area contributed by atoms with Gasteiger partial charge in [-0.15, -0.1) is 11.8 Å². The van der Waals surface area contributed by atoms with Crippen molar-refractivity contribution in [1.29, 1.82) is 0 Å². The molecule has 10 nitrogen and oxygen atoms in total. The summed E-state index contributed by atoms with van der Waals surface area (Å²) in [5.74, 6) is -0.974. The van der Waals surface area contributed by atoms with Crippen molar-refractivity contribution in [3.05, 3.63) is 29.8 Å². The van der Waals surface area contributed by atoms with Crippen molar-refractivity contribution in [3.63, 3.8) is 0 Å². The molecule has 11 heteroatoms. The molecule has 3 rings (SSSR count). The first kappa shape index (κ1) is 24.6. The highest BCUT2D eigenvalue weighted by Gasteiger charge is 2.47. The van der Waals surface area contributed by atoms with Gasteiger partial charge in [-0.1, -0.05) is 0 Å². The van der Waals surface area contributed by atoms with E-state index in [2.05, 4.69) is 10.1 Å². The molecular weight excluding hydrogens is 450 g/mol. The van der Waals surface area contributed by atoms with Crippen molar-refractivity contribution in [3.8, 4) is 16.9 Å². The molecule has 0 bridgehead atoms. The lowest BCUT2D eigenvalue weighted by Crippen LogP contribution is -2.55. The average Bonchev–Trinajstić information content (AvgIpc) is 2.97. The highest BCUT2D eigenvalue weighted by molar-refractivity contribution is 7.99. The summed E-state index contributed by atoms with van der Waals surface area (Å²) < 4.78 is 24.1. The van der Waals surface area contributed by atoms with E-state index < -0.39 is 41.7 Å². The van der Waals surface area contributed by atoms with Crippen LogP contribution in [0.25, 0.3) is 11.1 Å². The maximum absolute atomic E-state index is 11.8. The minimum Gasteiger partial charge on any atom is -0.474 e. The van der Waals surface area contributed by atoms with E-state index in [-0.39, 0.29) is 5.75 Å². The number of aromatic nitrogens is 3. The van der Waals surface area contributed by atoms with Crippen molar-refractivity contribution in [2.45, 2.75) is 58.4 Å². The van der Waals surface area contributed by atoms with Gasteiger partial charge in [-0.05, 0) is 19.9 Å². The van der Waals surface area contributed by atoms with Gasteiger partial charge in [0.1, 0.15) is 5.75 Å². The van der Waals surface area contributed by atoms with E-state index in [0.29, 0.717) is 5.75 Å². The normalized spacial score (nSPS) is 22.4. The molecule has 2 aromatic rings. The number of nitrogens with zero attached hydrogens (tertiary/aromatic N) is 3. The first-order valence-electron chi connectivity index (χ1n) is 10.3. The van der Waals surface area contributed by atoms with Gasteiger partial charge in [-0.25, -0.2) is 0 Å². The molecule has 3 heterocycles. The molecule has 33 heavy (non-hydrogen) atoms. The lowest BCUT2D eigenvalue weighted by Gasteiger charge is -2.39. The molecule has 0 unspecified atom stereocenters. The molecule has 2 aromatic heterocycles. The number of esters is 3. The largest absolute Gasteiger partial charge is 0.474 e. The third kappa shape index (κ3) is 5.84. The van der Waals surface area contributed by atoms with E-state index >= 15 is 0 Å². The van der Waals surface area contributed by atoms with Crippen molar-refractivity contribution < 1.29 is 33.3 Å². The van der Waals surface area contributed by atoms with E-state index in [9.17, 15) is 14.4 Å². The zero-order valence-electron chi connectivity index (χ0n) is 19.4.